The second-order valence-corrected chi connectivity index (χ2v) is 7.82. The van der Waals surface area contributed by atoms with Crippen molar-refractivity contribution in [3.63, 3.8) is 0 Å². The third-order valence-corrected chi connectivity index (χ3v) is 5.48. The summed E-state index contributed by atoms with van der Waals surface area (Å²) in [5, 5.41) is 1.00. The topological polar surface area (TPSA) is 57.7 Å². The van der Waals surface area contributed by atoms with Crippen LogP contribution >= 0.6 is 23.2 Å². The lowest BCUT2D eigenvalue weighted by Gasteiger charge is -2.21. The van der Waals surface area contributed by atoms with Gasteiger partial charge in [-0.2, -0.15) is 0 Å². The van der Waals surface area contributed by atoms with E-state index in [4.69, 9.17) is 23.2 Å². The summed E-state index contributed by atoms with van der Waals surface area (Å²) < 4.78 is 13.0. The van der Waals surface area contributed by atoms with Crippen molar-refractivity contribution < 1.29 is 18.8 Å². The van der Waals surface area contributed by atoms with Gasteiger partial charge in [0.05, 0.1) is 0 Å². The van der Waals surface area contributed by atoms with E-state index in [9.17, 15) is 18.8 Å². The fourth-order valence-electron chi connectivity index (χ4n) is 3.26. The molecule has 152 valence electrons. The highest BCUT2D eigenvalue weighted by Gasteiger charge is 2.43. The Hall–Kier alpha value is -2.44. The number of carbonyl (C=O) groups is 3. The highest BCUT2D eigenvalue weighted by Crippen LogP contribution is 2.23. The highest BCUT2D eigenvalue weighted by atomic mass is 35.5. The van der Waals surface area contributed by atoms with Gasteiger partial charge in [0.25, 0.3) is 5.91 Å². The number of rotatable bonds is 6. The minimum atomic E-state index is -1.03. The molecule has 1 aliphatic heterocycles. The van der Waals surface area contributed by atoms with E-state index in [-0.39, 0.29) is 25.5 Å². The molecule has 29 heavy (non-hydrogen) atoms. The summed E-state index contributed by atoms with van der Waals surface area (Å²) in [4.78, 5) is 40.1. The number of nitrogens with zero attached hydrogens (tertiary/aromatic N) is 2. The van der Waals surface area contributed by atoms with Crippen LogP contribution in [0.5, 0.6) is 0 Å². The monoisotopic (exact) mass is 436 g/mol. The molecule has 0 aliphatic carbocycles. The third kappa shape index (κ3) is 4.95. The summed E-state index contributed by atoms with van der Waals surface area (Å²) in [5.41, 5.74) is 1.53. The predicted octanol–water partition coefficient (Wildman–Crippen LogP) is 3.36. The smallest absolute Gasteiger partial charge is 0.290 e. The van der Waals surface area contributed by atoms with E-state index in [0.717, 1.165) is 11.1 Å². The maximum Gasteiger partial charge on any atom is 0.290 e. The SMILES string of the molecule is CN(Cc1ccc(F)cc1)C(=O)C1CN(CCc2ccc(Cl)cc2Cl)C(=O)C1=O. The van der Waals surface area contributed by atoms with Crippen LogP contribution in [0.3, 0.4) is 0 Å². The van der Waals surface area contributed by atoms with Gasteiger partial charge in [-0.15, -0.1) is 0 Å². The van der Waals surface area contributed by atoms with Crippen molar-refractivity contribution in [2.75, 3.05) is 20.1 Å². The van der Waals surface area contributed by atoms with Gasteiger partial charge in [-0.25, -0.2) is 4.39 Å². The number of halogens is 3. The molecule has 1 heterocycles. The van der Waals surface area contributed by atoms with Gasteiger partial charge in [0.2, 0.25) is 11.7 Å². The summed E-state index contributed by atoms with van der Waals surface area (Å²) in [6, 6.07) is 10.9. The molecule has 1 fully saturated rings. The zero-order valence-corrected chi connectivity index (χ0v) is 17.2. The summed E-state index contributed by atoms with van der Waals surface area (Å²) in [6.07, 6.45) is 0.446. The van der Waals surface area contributed by atoms with Crippen LogP contribution in [0.25, 0.3) is 0 Å². The van der Waals surface area contributed by atoms with Crippen LogP contribution in [0.1, 0.15) is 11.1 Å². The van der Waals surface area contributed by atoms with Crippen molar-refractivity contribution in [3.05, 3.63) is 69.5 Å². The molecule has 5 nitrogen and oxygen atoms in total. The Morgan fingerprint density at radius 2 is 1.86 bits per heavy atom. The first kappa shape index (κ1) is 21.3. The molecule has 1 saturated heterocycles. The van der Waals surface area contributed by atoms with Gasteiger partial charge in [-0.1, -0.05) is 41.4 Å². The van der Waals surface area contributed by atoms with Crippen molar-refractivity contribution >= 4 is 40.8 Å². The summed E-state index contributed by atoms with van der Waals surface area (Å²) >= 11 is 12.0. The van der Waals surface area contributed by atoms with Crippen LogP contribution in [0, 0.1) is 11.7 Å². The molecular weight excluding hydrogens is 418 g/mol. The van der Waals surface area contributed by atoms with Gasteiger partial charge in [0, 0.05) is 36.7 Å². The Morgan fingerprint density at radius 3 is 2.52 bits per heavy atom. The van der Waals surface area contributed by atoms with E-state index in [0.29, 0.717) is 16.5 Å². The fraction of sp³-hybridized carbons (Fsp3) is 0.286. The quantitative estimate of drug-likeness (QED) is 0.515. The molecule has 0 aromatic heterocycles. The molecule has 0 spiro atoms. The first-order chi connectivity index (χ1) is 13.8. The van der Waals surface area contributed by atoms with Gasteiger partial charge < -0.3 is 9.80 Å². The minimum Gasteiger partial charge on any atom is -0.341 e. The van der Waals surface area contributed by atoms with Gasteiger partial charge in [-0.05, 0) is 41.8 Å². The minimum absolute atomic E-state index is 0.0372. The van der Waals surface area contributed by atoms with Crippen LogP contribution in [0.2, 0.25) is 10.0 Å². The number of likely N-dealkylation sites (tertiary alicyclic amines) is 1. The second-order valence-electron chi connectivity index (χ2n) is 6.97. The van der Waals surface area contributed by atoms with Crippen LogP contribution < -0.4 is 0 Å². The standard InChI is InChI=1S/C21H19Cl2FN2O3/c1-25(11-13-2-6-16(24)7-3-13)20(28)17-12-26(21(29)19(17)27)9-8-14-4-5-15(22)10-18(14)23/h2-7,10,17H,8-9,11-12H2,1H3. The Kier molecular flexibility index (Phi) is 6.55. The highest BCUT2D eigenvalue weighted by molar-refractivity contribution is 6.42. The molecule has 2 aromatic carbocycles. The Bertz CT molecular complexity index is 949. The normalized spacial score (nSPS) is 16.4. The zero-order chi connectivity index (χ0) is 21.1. The molecule has 2 amide bonds. The molecule has 0 radical (unpaired) electrons. The molecular formula is C21H19Cl2FN2O3. The number of amides is 2. The largest absolute Gasteiger partial charge is 0.341 e. The molecule has 1 unspecified atom stereocenters. The van der Waals surface area contributed by atoms with Crippen molar-refractivity contribution in [1.82, 2.24) is 9.80 Å². The third-order valence-electron chi connectivity index (χ3n) is 4.89. The lowest BCUT2D eigenvalue weighted by atomic mass is 10.1. The van der Waals surface area contributed by atoms with Gasteiger partial charge >= 0.3 is 0 Å². The maximum absolute atomic E-state index is 13.0. The first-order valence-electron chi connectivity index (χ1n) is 9.02. The number of hydrogen-bond donors (Lipinski definition) is 0. The van der Waals surface area contributed by atoms with E-state index in [1.54, 1.807) is 37.4 Å². The summed E-state index contributed by atoms with van der Waals surface area (Å²) in [6.45, 7) is 0.532. The molecule has 1 atom stereocenters. The van der Waals surface area contributed by atoms with Gasteiger partial charge in [0.15, 0.2) is 0 Å². The number of benzene rings is 2. The summed E-state index contributed by atoms with van der Waals surface area (Å²) in [7, 11) is 1.56. The molecule has 8 heteroatoms. The molecule has 1 aliphatic rings. The van der Waals surface area contributed by atoms with E-state index < -0.39 is 23.5 Å². The van der Waals surface area contributed by atoms with Gasteiger partial charge in [0.1, 0.15) is 11.7 Å². The van der Waals surface area contributed by atoms with Crippen LogP contribution in [-0.4, -0.2) is 47.5 Å². The average molecular weight is 437 g/mol. The molecule has 0 N–H and O–H groups in total. The van der Waals surface area contributed by atoms with Crippen LogP contribution in [-0.2, 0) is 27.3 Å². The number of ketones is 1. The Morgan fingerprint density at radius 1 is 1.17 bits per heavy atom. The van der Waals surface area contributed by atoms with Crippen LogP contribution in [0.4, 0.5) is 4.39 Å². The fourth-order valence-corrected chi connectivity index (χ4v) is 3.76. The van der Waals surface area contributed by atoms with E-state index in [1.807, 2.05) is 0 Å². The predicted molar refractivity (Wildman–Crippen MR) is 108 cm³/mol. The lowest BCUT2D eigenvalue weighted by Crippen LogP contribution is -2.36. The van der Waals surface area contributed by atoms with Crippen LogP contribution in [0.15, 0.2) is 42.5 Å². The Balaban J connectivity index is 1.62. The van der Waals surface area contributed by atoms with E-state index in [2.05, 4.69) is 0 Å². The zero-order valence-electron chi connectivity index (χ0n) is 15.7. The summed E-state index contributed by atoms with van der Waals surface area (Å²) in [5.74, 6) is -3.20. The lowest BCUT2D eigenvalue weighted by molar-refractivity contribution is -0.144. The van der Waals surface area contributed by atoms with Gasteiger partial charge in [-0.3, -0.25) is 14.4 Å². The number of Topliss-reactive ketones (excluding diaryl/α,β-unsaturated/α-hetero) is 1. The molecule has 3 rings (SSSR count). The van der Waals surface area contributed by atoms with E-state index >= 15 is 0 Å². The maximum atomic E-state index is 13.0. The Labute approximate surface area is 178 Å². The van der Waals surface area contributed by atoms with Crippen molar-refractivity contribution in [2.45, 2.75) is 13.0 Å². The molecule has 0 saturated carbocycles. The molecule has 0 bridgehead atoms. The van der Waals surface area contributed by atoms with Crippen molar-refractivity contribution in [1.29, 1.82) is 0 Å². The average Bonchev–Trinajstić information content (AvgIpc) is 2.97. The van der Waals surface area contributed by atoms with E-state index in [1.165, 1.54) is 21.9 Å². The number of carbonyl (C=O) groups excluding carboxylic acids is 3. The number of hydrogen-bond acceptors (Lipinski definition) is 3. The molecule has 2 aromatic rings. The van der Waals surface area contributed by atoms with Crippen molar-refractivity contribution in [2.24, 2.45) is 5.92 Å². The van der Waals surface area contributed by atoms with Crippen molar-refractivity contribution in [3.8, 4) is 0 Å². The first-order valence-corrected chi connectivity index (χ1v) is 9.78. The second kappa shape index (κ2) is 8.93.